The Balaban J connectivity index is 2.37. The van der Waals surface area contributed by atoms with Crippen LogP contribution in [0.2, 0.25) is 0 Å². The van der Waals surface area contributed by atoms with Crippen LogP contribution in [0.25, 0.3) is 0 Å². The summed E-state index contributed by atoms with van der Waals surface area (Å²) in [6, 6.07) is 0. The fourth-order valence-electron chi connectivity index (χ4n) is 0.633. The van der Waals surface area contributed by atoms with Crippen molar-refractivity contribution in [3.63, 3.8) is 0 Å². The predicted molar refractivity (Wildman–Crippen MR) is 49.4 cm³/mol. The number of rotatable bonds is 1. The van der Waals surface area contributed by atoms with Gasteiger partial charge >= 0.3 is 0 Å². The minimum absolute atomic E-state index is 0.458. The standard InChI is InChI=1S/C6H8N2S2/c7-6(9)10-8-4-2-1-3-5-8/h1-4H,5H2,(H2,7,9). The van der Waals surface area contributed by atoms with Crippen LogP contribution >= 0.6 is 24.2 Å². The highest BCUT2D eigenvalue weighted by atomic mass is 32.2. The Morgan fingerprint density at radius 1 is 1.60 bits per heavy atom. The van der Waals surface area contributed by atoms with Crippen molar-refractivity contribution in [3.05, 3.63) is 24.4 Å². The van der Waals surface area contributed by atoms with E-state index in [4.69, 9.17) is 18.0 Å². The van der Waals surface area contributed by atoms with Gasteiger partial charge in [-0.15, -0.1) is 0 Å². The maximum Gasteiger partial charge on any atom is 0.151 e. The Bertz CT molecular complexity index is 186. The number of allylic oxidation sites excluding steroid dienone is 2. The van der Waals surface area contributed by atoms with Crippen molar-refractivity contribution in [3.8, 4) is 0 Å². The molecular weight excluding hydrogens is 164 g/mol. The van der Waals surface area contributed by atoms with Gasteiger partial charge in [0.05, 0.1) is 0 Å². The number of hydrogen-bond acceptors (Lipinski definition) is 3. The molecule has 1 heterocycles. The smallest absolute Gasteiger partial charge is 0.151 e. The number of thiocarbonyl (C=S) groups is 1. The van der Waals surface area contributed by atoms with E-state index >= 15 is 0 Å². The zero-order valence-corrected chi connectivity index (χ0v) is 6.99. The van der Waals surface area contributed by atoms with Gasteiger partial charge in [-0.3, -0.25) is 0 Å². The lowest BCUT2D eigenvalue weighted by molar-refractivity contribution is 0.696. The fraction of sp³-hybridized carbons (Fsp3) is 0.167. The topological polar surface area (TPSA) is 29.3 Å². The van der Waals surface area contributed by atoms with E-state index in [2.05, 4.69) is 0 Å². The van der Waals surface area contributed by atoms with Gasteiger partial charge in [0.25, 0.3) is 0 Å². The Morgan fingerprint density at radius 2 is 2.40 bits per heavy atom. The summed E-state index contributed by atoms with van der Waals surface area (Å²) in [5.74, 6) is 0. The molecule has 0 aliphatic carbocycles. The van der Waals surface area contributed by atoms with Crippen molar-refractivity contribution in [1.29, 1.82) is 0 Å². The van der Waals surface area contributed by atoms with E-state index in [0.29, 0.717) is 4.32 Å². The molecule has 54 valence electrons. The van der Waals surface area contributed by atoms with Gasteiger partial charge in [-0.2, -0.15) is 0 Å². The molecule has 10 heavy (non-hydrogen) atoms. The van der Waals surface area contributed by atoms with Gasteiger partial charge in [0.2, 0.25) is 0 Å². The predicted octanol–water partition coefficient (Wildman–Crippen LogP) is 1.26. The lowest BCUT2D eigenvalue weighted by atomic mass is 10.4. The van der Waals surface area contributed by atoms with Gasteiger partial charge in [0.1, 0.15) is 0 Å². The lowest BCUT2D eigenvalue weighted by Crippen LogP contribution is -2.16. The first-order valence-electron chi connectivity index (χ1n) is 2.86. The molecular formula is C6H8N2S2. The van der Waals surface area contributed by atoms with Crippen LogP contribution in [-0.4, -0.2) is 15.2 Å². The van der Waals surface area contributed by atoms with E-state index in [-0.39, 0.29) is 0 Å². The largest absolute Gasteiger partial charge is 0.383 e. The van der Waals surface area contributed by atoms with Gasteiger partial charge in [-0.1, -0.05) is 24.4 Å². The molecule has 0 aromatic carbocycles. The zero-order valence-electron chi connectivity index (χ0n) is 5.36. The first-order valence-corrected chi connectivity index (χ1v) is 4.04. The minimum atomic E-state index is 0.458. The van der Waals surface area contributed by atoms with Crippen LogP contribution in [0.15, 0.2) is 24.4 Å². The summed E-state index contributed by atoms with van der Waals surface area (Å²) in [4.78, 5) is 0. The quantitative estimate of drug-likeness (QED) is 0.476. The molecule has 0 fully saturated rings. The van der Waals surface area contributed by atoms with Gasteiger partial charge in [-0.25, -0.2) is 0 Å². The van der Waals surface area contributed by atoms with Gasteiger partial charge in [-0.05, 0) is 6.08 Å². The van der Waals surface area contributed by atoms with Crippen molar-refractivity contribution >= 4 is 28.5 Å². The molecule has 2 nitrogen and oxygen atoms in total. The molecule has 2 N–H and O–H groups in total. The summed E-state index contributed by atoms with van der Waals surface area (Å²) in [6.07, 6.45) is 7.94. The summed E-state index contributed by atoms with van der Waals surface area (Å²) in [7, 11) is 0. The molecule has 0 aromatic rings. The molecule has 4 heteroatoms. The van der Waals surface area contributed by atoms with E-state index in [1.165, 1.54) is 11.9 Å². The number of nitrogens with two attached hydrogens (primary N) is 1. The highest BCUT2D eigenvalue weighted by Gasteiger charge is 2.00. The summed E-state index contributed by atoms with van der Waals surface area (Å²) in [5.41, 5.74) is 5.32. The number of hydrogen-bond donors (Lipinski definition) is 1. The lowest BCUT2D eigenvalue weighted by Gasteiger charge is -2.16. The second kappa shape index (κ2) is 3.63. The third-order valence-corrected chi connectivity index (χ3v) is 1.90. The Labute approximate surface area is 69.9 Å². The van der Waals surface area contributed by atoms with E-state index < -0.39 is 0 Å². The SMILES string of the molecule is NC(=S)SN1C=CC=CC1. The third-order valence-electron chi connectivity index (χ3n) is 0.992. The van der Waals surface area contributed by atoms with Crippen LogP contribution in [0.1, 0.15) is 0 Å². The molecule has 0 saturated heterocycles. The molecule has 0 spiro atoms. The maximum atomic E-state index is 5.32. The molecule has 0 atom stereocenters. The summed E-state index contributed by atoms with van der Waals surface area (Å²) in [6.45, 7) is 0.874. The van der Waals surface area contributed by atoms with Crippen molar-refractivity contribution < 1.29 is 0 Å². The van der Waals surface area contributed by atoms with E-state index in [0.717, 1.165) is 6.54 Å². The van der Waals surface area contributed by atoms with Crippen LogP contribution in [0.4, 0.5) is 0 Å². The van der Waals surface area contributed by atoms with Crippen LogP contribution in [0, 0.1) is 0 Å². The van der Waals surface area contributed by atoms with Crippen LogP contribution < -0.4 is 5.73 Å². The highest BCUT2D eigenvalue weighted by molar-refractivity contribution is 8.21. The van der Waals surface area contributed by atoms with Gasteiger partial charge in [0.15, 0.2) is 4.32 Å². The third kappa shape index (κ3) is 2.41. The molecule has 0 aromatic heterocycles. The van der Waals surface area contributed by atoms with E-state index in [9.17, 15) is 0 Å². The maximum absolute atomic E-state index is 5.32. The second-order valence-electron chi connectivity index (χ2n) is 1.78. The zero-order chi connectivity index (χ0) is 7.40. The highest BCUT2D eigenvalue weighted by Crippen LogP contribution is 2.12. The van der Waals surface area contributed by atoms with Crippen LogP contribution in [-0.2, 0) is 0 Å². The number of nitrogens with zero attached hydrogens (tertiary/aromatic N) is 1. The Kier molecular flexibility index (Phi) is 2.77. The molecule has 1 aliphatic heterocycles. The van der Waals surface area contributed by atoms with Crippen LogP contribution in [0.3, 0.4) is 0 Å². The van der Waals surface area contributed by atoms with Crippen molar-refractivity contribution in [1.82, 2.24) is 4.31 Å². The Morgan fingerprint density at radius 3 is 2.90 bits per heavy atom. The molecule has 0 saturated carbocycles. The van der Waals surface area contributed by atoms with Gasteiger partial charge in [0, 0.05) is 24.7 Å². The second-order valence-corrected chi connectivity index (χ2v) is 3.57. The Hall–Kier alpha value is -0.480. The van der Waals surface area contributed by atoms with E-state index in [1.807, 2.05) is 28.7 Å². The van der Waals surface area contributed by atoms with Crippen molar-refractivity contribution in [2.45, 2.75) is 0 Å². The molecule has 0 amide bonds. The van der Waals surface area contributed by atoms with Crippen molar-refractivity contribution in [2.75, 3.05) is 6.54 Å². The van der Waals surface area contributed by atoms with Crippen LogP contribution in [0.5, 0.6) is 0 Å². The summed E-state index contributed by atoms with van der Waals surface area (Å²) >= 11 is 6.10. The molecule has 1 aliphatic rings. The van der Waals surface area contributed by atoms with Crippen molar-refractivity contribution in [2.24, 2.45) is 5.73 Å². The fourth-order valence-corrected chi connectivity index (χ4v) is 1.44. The molecule has 0 unspecified atom stereocenters. The molecule has 1 rings (SSSR count). The minimum Gasteiger partial charge on any atom is -0.383 e. The normalized spacial score (nSPS) is 15.8. The van der Waals surface area contributed by atoms with Gasteiger partial charge < -0.3 is 10.0 Å². The van der Waals surface area contributed by atoms with E-state index in [1.54, 1.807) is 0 Å². The molecule has 0 radical (unpaired) electrons. The first kappa shape index (κ1) is 7.63. The monoisotopic (exact) mass is 172 g/mol. The average Bonchev–Trinajstić information content (AvgIpc) is 1.88. The summed E-state index contributed by atoms with van der Waals surface area (Å²) < 4.78 is 2.43. The molecule has 0 bridgehead atoms. The average molecular weight is 172 g/mol. The summed E-state index contributed by atoms with van der Waals surface area (Å²) in [5, 5.41) is 0. The first-order chi connectivity index (χ1) is 4.79.